The van der Waals surface area contributed by atoms with Crippen molar-refractivity contribution in [2.24, 2.45) is 0 Å². The first-order chi connectivity index (χ1) is 16.5. The van der Waals surface area contributed by atoms with E-state index < -0.39 is 5.54 Å². The first kappa shape index (κ1) is 24.3. The molecule has 2 aromatic rings. The van der Waals surface area contributed by atoms with Crippen molar-refractivity contribution in [2.75, 3.05) is 13.2 Å². The molecular formula is C27H38N4O3. The molecule has 2 aliphatic rings. The van der Waals surface area contributed by atoms with Gasteiger partial charge in [-0.1, -0.05) is 39.5 Å². The monoisotopic (exact) mass is 466 g/mol. The standard InChI is InChI=1S/C27H38N4O3/c1-4-6-17-34-22-14-12-20(13-15-22)23-18-24-25(32)30(16-5-2)27(3,19-31(24)29-23)26(33)28-21-10-8-7-9-11-21/h12-15,18,21H,4-11,16-17,19H2,1-3H3,(H,28,33). The minimum atomic E-state index is -0.961. The predicted octanol–water partition coefficient (Wildman–Crippen LogP) is 4.80. The minimum absolute atomic E-state index is 0.0718. The largest absolute Gasteiger partial charge is 0.494 e. The smallest absolute Gasteiger partial charge is 0.273 e. The Morgan fingerprint density at radius 2 is 1.88 bits per heavy atom. The third-order valence-corrected chi connectivity index (χ3v) is 7.09. The first-order valence-corrected chi connectivity index (χ1v) is 12.9. The number of ether oxygens (including phenoxy) is 1. The number of nitrogens with zero attached hydrogens (tertiary/aromatic N) is 3. The molecular weight excluding hydrogens is 428 g/mol. The number of aromatic nitrogens is 2. The highest BCUT2D eigenvalue weighted by molar-refractivity contribution is 6.00. The second-order valence-corrected chi connectivity index (χ2v) is 9.84. The van der Waals surface area contributed by atoms with Crippen molar-refractivity contribution in [3.05, 3.63) is 36.0 Å². The Labute approximate surface area is 202 Å². The van der Waals surface area contributed by atoms with Gasteiger partial charge in [-0.15, -0.1) is 0 Å². The van der Waals surface area contributed by atoms with Crippen molar-refractivity contribution in [2.45, 2.75) is 90.3 Å². The van der Waals surface area contributed by atoms with Crippen molar-refractivity contribution in [1.29, 1.82) is 0 Å². The van der Waals surface area contributed by atoms with Gasteiger partial charge in [-0.2, -0.15) is 5.10 Å². The number of benzene rings is 1. The van der Waals surface area contributed by atoms with Crippen molar-refractivity contribution >= 4 is 11.8 Å². The molecule has 2 amide bonds. The number of amides is 2. The van der Waals surface area contributed by atoms with Crippen LogP contribution >= 0.6 is 0 Å². The third kappa shape index (κ3) is 4.98. The lowest BCUT2D eigenvalue weighted by Crippen LogP contribution is -2.65. The van der Waals surface area contributed by atoms with E-state index in [0.29, 0.717) is 25.4 Å². The molecule has 0 bridgehead atoms. The SMILES string of the molecule is CCCCOc1ccc(-c2cc3n(n2)CC(C)(C(=O)NC2CCCCC2)N(CCC)C3=O)cc1. The first-order valence-electron chi connectivity index (χ1n) is 12.9. The molecule has 1 aromatic carbocycles. The molecule has 1 fully saturated rings. The number of rotatable bonds is 9. The van der Waals surface area contributed by atoms with E-state index in [1.54, 1.807) is 9.58 Å². The predicted molar refractivity (Wildman–Crippen MR) is 133 cm³/mol. The number of nitrogens with one attached hydrogen (secondary N) is 1. The van der Waals surface area contributed by atoms with Gasteiger partial charge in [0.1, 0.15) is 17.0 Å². The van der Waals surface area contributed by atoms with Gasteiger partial charge < -0.3 is 15.0 Å². The normalized spacial score (nSPS) is 20.8. The van der Waals surface area contributed by atoms with Crippen LogP contribution in [0.3, 0.4) is 0 Å². The number of carbonyl (C=O) groups excluding carboxylic acids is 2. The third-order valence-electron chi connectivity index (χ3n) is 7.09. The van der Waals surface area contributed by atoms with Crippen molar-refractivity contribution in [3.63, 3.8) is 0 Å². The maximum Gasteiger partial charge on any atom is 0.273 e. The minimum Gasteiger partial charge on any atom is -0.494 e. The van der Waals surface area contributed by atoms with Gasteiger partial charge in [-0.3, -0.25) is 14.3 Å². The molecule has 1 atom stereocenters. The maximum atomic E-state index is 13.5. The van der Waals surface area contributed by atoms with Crippen LogP contribution in [0.25, 0.3) is 11.3 Å². The van der Waals surface area contributed by atoms with Crippen LogP contribution in [-0.4, -0.2) is 51.2 Å². The van der Waals surface area contributed by atoms with Crippen LogP contribution in [0.1, 0.15) is 82.6 Å². The summed E-state index contributed by atoms with van der Waals surface area (Å²) in [4.78, 5) is 28.8. The van der Waals surface area contributed by atoms with E-state index in [4.69, 9.17) is 9.84 Å². The summed E-state index contributed by atoms with van der Waals surface area (Å²) in [7, 11) is 0. The molecule has 34 heavy (non-hydrogen) atoms. The molecule has 1 aliphatic carbocycles. The van der Waals surface area contributed by atoms with Crippen molar-refractivity contribution in [3.8, 4) is 17.0 Å². The van der Waals surface area contributed by atoms with Gasteiger partial charge in [0.25, 0.3) is 5.91 Å². The summed E-state index contributed by atoms with van der Waals surface area (Å²) < 4.78 is 7.48. The highest BCUT2D eigenvalue weighted by atomic mass is 16.5. The van der Waals surface area contributed by atoms with E-state index in [1.807, 2.05) is 44.2 Å². The molecule has 4 rings (SSSR count). The van der Waals surface area contributed by atoms with Crippen LogP contribution in [0, 0.1) is 0 Å². The summed E-state index contributed by atoms with van der Waals surface area (Å²) in [6.45, 7) is 7.65. The number of fused-ring (bicyclic) bond motifs is 1. The number of unbranched alkanes of at least 4 members (excludes halogenated alkanes) is 1. The lowest BCUT2D eigenvalue weighted by Gasteiger charge is -2.44. The lowest BCUT2D eigenvalue weighted by molar-refractivity contribution is -0.134. The van der Waals surface area contributed by atoms with Crippen LogP contribution < -0.4 is 10.1 Å². The summed E-state index contributed by atoms with van der Waals surface area (Å²) in [5, 5.41) is 7.99. The Hall–Kier alpha value is -2.83. The molecule has 0 radical (unpaired) electrons. The van der Waals surface area contributed by atoms with Gasteiger partial charge in [-0.05, 0) is 62.9 Å². The molecule has 1 aliphatic heterocycles. The van der Waals surface area contributed by atoms with E-state index in [9.17, 15) is 9.59 Å². The molecule has 0 saturated heterocycles. The lowest BCUT2D eigenvalue weighted by atomic mass is 9.91. The average Bonchev–Trinajstić information content (AvgIpc) is 3.27. The van der Waals surface area contributed by atoms with E-state index >= 15 is 0 Å². The summed E-state index contributed by atoms with van der Waals surface area (Å²) in [5.74, 6) is 0.628. The molecule has 1 aromatic heterocycles. The number of carbonyl (C=O) groups is 2. The van der Waals surface area contributed by atoms with Gasteiger partial charge in [0, 0.05) is 18.2 Å². The van der Waals surface area contributed by atoms with Crippen molar-refractivity contribution in [1.82, 2.24) is 20.0 Å². The highest BCUT2D eigenvalue weighted by Gasteiger charge is 2.48. The van der Waals surface area contributed by atoms with E-state index in [1.165, 1.54) is 6.42 Å². The summed E-state index contributed by atoms with van der Waals surface area (Å²) in [5.41, 5.74) is 1.23. The number of hydrogen-bond acceptors (Lipinski definition) is 4. The van der Waals surface area contributed by atoms with Crippen LogP contribution in [0.15, 0.2) is 30.3 Å². The van der Waals surface area contributed by atoms with Crippen LogP contribution in [0.5, 0.6) is 5.75 Å². The quantitative estimate of drug-likeness (QED) is 0.539. The van der Waals surface area contributed by atoms with E-state index in [0.717, 1.165) is 62.0 Å². The molecule has 1 unspecified atom stereocenters. The fourth-order valence-electron chi connectivity index (χ4n) is 5.00. The van der Waals surface area contributed by atoms with E-state index in [2.05, 4.69) is 12.2 Å². The Balaban J connectivity index is 1.56. The Kier molecular flexibility index (Phi) is 7.59. The number of hydrogen-bond donors (Lipinski definition) is 1. The Morgan fingerprint density at radius 1 is 1.15 bits per heavy atom. The average molecular weight is 467 g/mol. The van der Waals surface area contributed by atoms with Gasteiger partial charge in [0.15, 0.2) is 0 Å². The van der Waals surface area contributed by atoms with Gasteiger partial charge >= 0.3 is 0 Å². The van der Waals surface area contributed by atoms with E-state index in [-0.39, 0.29) is 17.9 Å². The molecule has 7 nitrogen and oxygen atoms in total. The van der Waals surface area contributed by atoms with Gasteiger partial charge in [0.2, 0.25) is 5.91 Å². The maximum absolute atomic E-state index is 13.5. The zero-order chi connectivity index (χ0) is 24.1. The Morgan fingerprint density at radius 3 is 2.56 bits per heavy atom. The topological polar surface area (TPSA) is 76.5 Å². The summed E-state index contributed by atoms with van der Waals surface area (Å²) >= 11 is 0. The molecule has 1 N–H and O–H groups in total. The zero-order valence-corrected chi connectivity index (χ0v) is 20.8. The summed E-state index contributed by atoms with van der Waals surface area (Å²) in [6.07, 6.45) is 8.46. The van der Waals surface area contributed by atoms with Crippen LogP contribution in [0.4, 0.5) is 0 Å². The second-order valence-electron chi connectivity index (χ2n) is 9.84. The van der Waals surface area contributed by atoms with Gasteiger partial charge in [0.05, 0.1) is 18.8 Å². The van der Waals surface area contributed by atoms with Crippen molar-refractivity contribution < 1.29 is 14.3 Å². The second kappa shape index (κ2) is 10.6. The molecule has 2 heterocycles. The van der Waals surface area contributed by atoms with Crippen LogP contribution in [0.2, 0.25) is 0 Å². The highest BCUT2D eigenvalue weighted by Crippen LogP contribution is 2.31. The molecule has 0 spiro atoms. The Bertz CT molecular complexity index is 994. The molecule has 184 valence electrons. The zero-order valence-electron chi connectivity index (χ0n) is 20.8. The van der Waals surface area contributed by atoms with Gasteiger partial charge in [-0.25, -0.2) is 0 Å². The molecule has 1 saturated carbocycles. The molecule has 7 heteroatoms. The fourth-order valence-corrected chi connectivity index (χ4v) is 5.00. The van der Waals surface area contributed by atoms with Crippen LogP contribution in [-0.2, 0) is 11.3 Å². The summed E-state index contributed by atoms with van der Waals surface area (Å²) in [6, 6.07) is 9.87. The fraction of sp³-hybridized carbons (Fsp3) is 0.593.